The van der Waals surface area contributed by atoms with Gasteiger partial charge in [0.2, 0.25) is 5.91 Å². The van der Waals surface area contributed by atoms with Crippen LogP contribution in [0.5, 0.6) is 5.75 Å². The number of pyridine rings is 1. The van der Waals surface area contributed by atoms with Gasteiger partial charge < -0.3 is 10.1 Å². The minimum Gasteiger partial charge on any atom is -0.492 e. The van der Waals surface area contributed by atoms with Gasteiger partial charge in [-0.3, -0.25) is 9.78 Å². The van der Waals surface area contributed by atoms with Crippen molar-refractivity contribution in [2.45, 2.75) is 31.6 Å². The number of ether oxygens (including phenoxy) is 1. The number of benzene rings is 1. The molecule has 4 nitrogen and oxygen atoms in total. The molecular formula is C19H22N2O2. The van der Waals surface area contributed by atoms with E-state index >= 15 is 0 Å². The van der Waals surface area contributed by atoms with Gasteiger partial charge in [-0.2, -0.15) is 0 Å². The number of carbonyl (C=O) groups excluding carboxylic acids is 1. The molecule has 1 aliphatic rings. The number of aryl methyl sites for hydroxylation is 1. The molecule has 0 atom stereocenters. The molecule has 0 radical (unpaired) electrons. The van der Waals surface area contributed by atoms with E-state index in [2.05, 4.69) is 41.5 Å². The Morgan fingerprint density at radius 3 is 2.70 bits per heavy atom. The normalized spacial score (nSPS) is 15.0. The summed E-state index contributed by atoms with van der Waals surface area (Å²) in [4.78, 5) is 16.5. The molecule has 1 heterocycles. The van der Waals surface area contributed by atoms with Gasteiger partial charge in [0.1, 0.15) is 5.75 Å². The first kappa shape index (κ1) is 15.5. The number of amides is 1. The van der Waals surface area contributed by atoms with Gasteiger partial charge in [-0.15, -0.1) is 0 Å². The van der Waals surface area contributed by atoms with Gasteiger partial charge in [0.05, 0.1) is 18.2 Å². The second kappa shape index (κ2) is 6.82. The summed E-state index contributed by atoms with van der Waals surface area (Å²) in [5.74, 6) is 0.903. The molecule has 0 bridgehead atoms. The van der Waals surface area contributed by atoms with Crippen LogP contribution in [-0.4, -0.2) is 24.0 Å². The summed E-state index contributed by atoms with van der Waals surface area (Å²) >= 11 is 0. The van der Waals surface area contributed by atoms with Crippen LogP contribution in [0.15, 0.2) is 48.8 Å². The SMILES string of the molecule is Cc1ccc(C2(C(=O)NCCCOc3cccnc3)CC2)cc1. The van der Waals surface area contributed by atoms with E-state index < -0.39 is 0 Å². The third-order valence-electron chi connectivity index (χ3n) is 4.30. The minimum absolute atomic E-state index is 0.141. The van der Waals surface area contributed by atoms with E-state index in [-0.39, 0.29) is 11.3 Å². The lowest BCUT2D eigenvalue weighted by molar-refractivity contribution is -0.123. The molecule has 120 valence electrons. The Balaban J connectivity index is 1.43. The number of rotatable bonds is 7. The van der Waals surface area contributed by atoms with Crippen LogP contribution in [0, 0.1) is 6.92 Å². The average molecular weight is 310 g/mol. The highest BCUT2D eigenvalue weighted by Gasteiger charge is 2.50. The number of nitrogens with zero attached hydrogens (tertiary/aromatic N) is 1. The molecule has 1 aromatic heterocycles. The van der Waals surface area contributed by atoms with Crippen LogP contribution >= 0.6 is 0 Å². The Kier molecular flexibility index (Phi) is 4.60. The third-order valence-corrected chi connectivity index (χ3v) is 4.30. The molecule has 2 aromatic rings. The van der Waals surface area contributed by atoms with E-state index in [9.17, 15) is 4.79 Å². The molecule has 1 saturated carbocycles. The zero-order chi connectivity index (χ0) is 16.1. The van der Waals surface area contributed by atoms with Gasteiger partial charge in [0.15, 0.2) is 0 Å². The molecule has 1 amide bonds. The number of aromatic nitrogens is 1. The van der Waals surface area contributed by atoms with E-state index in [0.717, 1.165) is 30.6 Å². The fourth-order valence-corrected chi connectivity index (χ4v) is 2.71. The molecule has 1 fully saturated rings. The smallest absolute Gasteiger partial charge is 0.230 e. The summed E-state index contributed by atoms with van der Waals surface area (Å²) in [6, 6.07) is 12.0. The maximum atomic E-state index is 12.5. The summed E-state index contributed by atoms with van der Waals surface area (Å²) in [7, 11) is 0. The Hall–Kier alpha value is -2.36. The van der Waals surface area contributed by atoms with Crippen LogP contribution in [0.1, 0.15) is 30.4 Å². The molecule has 1 aliphatic carbocycles. The first-order chi connectivity index (χ1) is 11.2. The fraction of sp³-hybridized carbons (Fsp3) is 0.368. The molecule has 0 unspecified atom stereocenters. The van der Waals surface area contributed by atoms with Crippen molar-refractivity contribution in [1.82, 2.24) is 10.3 Å². The predicted molar refractivity (Wildman–Crippen MR) is 89.4 cm³/mol. The van der Waals surface area contributed by atoms with Gasteiger partial charge in [0.25, 0.3) is 0 Å². The lowest BCUT2D eigenvalue weighted by Crippen LogP contribution is -2.35. The monoisotopic (exact) mass is 310 g/mol. The van der Waals surface area contributed by atoms with Crippen LogP contribution in [0.2, 0.25) is 0 Å². The summed E-state index contributed by atoms with van der Waals surface area (Å²) in [5, 5.41) is 3.05. The van der Waals surface area contributed by atoms with Crippen molar-refractivity contribution in [3.8, 4) is 5.75 Å². The Labute approximate surface area is 136 Å². The topological polar surface area (TPSA) is 51.2 Å². The van der Waals surface area contributed by atoms with Gasteiger partial charge in [0, 0.05) is 12.7 Å². The first-order valence-corrected chi connectivity index (χ1v) is 8.09. The average Bonchev–Trinajstić information content (AvgIpc) is 3.38. The molecule has 23 heavy (non-hydrogen) atoms. The number of nitrogens with one attached hydrogen (secondary N) is 1. The van der Waals surface area contributed by atoms with Crippen molar-refractivity contribution in [3.05, 3.63) is 59.9 Å². The third kappa shape index (κ3) is 3.70. The van der Waals surface area contributed by atoms with E-state index in [0.29, 0.717) is 13.2 Å². The summed E-state index contributed by atoms with van der Waals surface area (Å²) in [6.07, 6.45) is 6.06. The van der Waals surface area contributed by atoms with E-state index in [1.807, 2.05) is 12.1 Å². The van der Waals surface area contributed by atoms with Crippen molar-refractivity contribution in [1.29, 1.82) is 0 Å². The Morgan fingerprint density at radius 1 is 1.26 bits per heavy atom. The zero-order valence-electron chi connectivity index (χ0n) is 13.4. The highest BCUT2D eigenvalue weighted by atomic mass is 16.5. The van der Waals surface area contributed by atoms with Crippen LogP contribution in [0.4, 0.5) is 0 Å². The lowest BCUT2D eigenvalue weighted by Gasteiger charge is -2.16. The van der Waals surface area contributed by atoms with Crippen LogP contribution < -0.4 is 10.1 Å². The molecule has 1 N–H and O–H groups in total. The number of hydrogen-bond acceptors (Lipinski definition) is 3. The lowest BCUT2D eigenvalue weighted by atomic mass is 9.94. The minimum atomic E-state index is -0.294. The maximum absolute atomic E-state index is 12.5. The van der Waals surface area contributed by atoms with Crippen molar-refractivity contribution >= 4 is 5.91 Å². The molecule has 0 aliphatic heterocycles. The van der Waals surface area contributed by atoms with Gasteiger partial charge >= 0.3 is 0 Å². The quantitative estimate of drug-likeness (QED) is 0.800. The second-order valence-corrected chi connectivity index (χ2v) is 6.09. The van der Waals surface area contributed by atoms with Crippen LogP contribution in [0.3, 0.4) is 0 Å². The fourth-order valence-electron chi connectivity index (χ4n) is 2.71. The van der Waals surface area contributed by atoms with Crippen LogP contribution in [-0.2, 0) is 10.2 Å². The van der Waals surface area contributed by atoms with E-state index in [4.69, 9.17) is 4.74 Å². The van der Waals surface area contributed by atoms with Gasteiger partial charge in [-0.1, -0.05) is 29.8 Å². The van der Waals surface area contributed by atoms with Gasteiger partial charge in [-0.05, 0) is 43.9 Å². The van der Waals surface area contributed by atoms with Crippen LogP contribution in [0.25, 0.3) is 0 Å². The molecule has 0 spiro atoms. The van der Waals surface area contributed by atoms with Gasteiger partial charge in [-0.25, -0.2) is 0 Å². The Bertz CT molecular complexity index is 649. The van der Waals surface area contributed by atoms with E-state index in [1.165, 1.54) is 5.56 Å². The highest BCUT2D eigenvalue weighted by Crippen LogP contribution is 2.48. The van der Waals surface area contributed by atoms with Crippen molar-refractivity contribution in [3.63, 3.8) is 0 Å². The Morgan fingerprint density at radius 2 is 2.04 bits per heavy atom. The van der Waals surface area contributed by atoms with Crippen molar-refractivity contribution < 1.29 is 9.53 Å². The number of hydrogen-bond donors (Lipinski definition) is 1. The summed E-state index contributed by atoms with van der Waals surface area (Å²) in [6.45, 7) is 3.27. The largest absolute Gasteiger partial charge is 0.492 e. The molecular weight excluding hydrogens is 288 g/mol. The zero-order valence-corrected chi connectivity index (χ0v) is 13.4. The van der Waals surface area contributed by atoms with Crippen molar-refractivity contribution in [2.75, 3.05) is 13.2 Å². The highest BCUT2D eigenvalue weighted by molar-refractivity contribution is 5.91. The maximum Gasteiger partial charge on any atom is 0.230 e. The molecule has 4 heteroatoms. The van der Waals surface area contributed by atoms with E-state index in [1.54, 1.807) is 12.4 Å². The molecule has 3 rings (SSSR count). The predicted octanol–water partition coefficient (Wildman–Crippen LogP) is 3.01. The summed E-state index contributed by atoms with van der Waals surface area (Å²) in [5.41, 5.74) is 2.06. The standard InChI is InChI=1S/C19H22N2O2/c1-15-5-7-16(8-6-15)19(9-10-19)18(22)21-12-3-13-23-17-4-2-11-20-14-17/h2,4-8,11,14H,3,9-10,12-13H2,1H3,(H,21,22). The van der Waals surface area contributed by atoms with Crippen molar-refractivity contribution in [2.24, 2.45) is 0 Å². The molecule has 0 saturated heterocycles. The molecule has 1 aromatic carbocycles. The first-order valence-electron chi connectivity index (χ1n) is 8.09. The number of carbonyl (C=O) groups is 1. The second-order valence-electron chi connectivity index (χ2n) is 6.09. The summed E-state index contributed by atoms with van der Waals surface area (Å²) < 4.78 is 5.57.